The van der Waals surface area contributed by atoms with E-state index >= 15 is 0 Å². The molecule has 0 radical (unpaired) electrons. The fourth-order valence-corrected chi connectivity index (χ4v) is 3.35. The molecule has 1 fully saturated rings. The van der Waals surface area contributed by atoms with Gasteiger partial charge in [-0.3, -0.25) is 0 Å². The highest BCUT2D eigenvalue weighted by atomic mass is 32.2. The zero-order valence-corrected chi connectivity index (χ0v) is 11.1. The van der Waals surface area contributed by atoms with Crippen LogP contribution in [0.5, 0.6) is 0 Å². The van der Waals surface area contributed by atoms with Crippen LogP contribution in [0.1, 0.15) is 12.8 Å². The van der Waals surface area contributed by atoms with E-state index in [1.54, 1.807) is 24.3 Å². The number of oxazole rings is 1. The SMILES string of the molecule is O=S(=O)(N[C@H]1CCCNC1)c1nc2ccccc2o1. The maximum atomic E-state index is 12.2. The first-order valence-electron chi connectivity index (χ1n) is 6.24. The highest BCUT2D eigenvalue weighted by Crippen LogP contribution is 2.18. The van der Waals surface area contributed by atoms with Gasteiger partial charge in [-0.2, -0.15) is 4.98 Å². The van der Waals surface area contributed by atoms with Gasteiger partial charge in [-0.05, 0) is 31.5 Å². The molecule has 7 heteroatoms. The summed E-state index contributed by atoms with van der Waals surface area (Å²) in [5, 5.41) is 2.89. The molecular formula is C12H15N3O3S. The number of hydrogen-bond acceptors (Lipinski definition) is 5. The van der Waals surface area contributed by atoms with Crippen molar-refractivity contribution in [3.05, 3.63) is 24.3 Å². The Kier molecular flexibility index (Phi) is 3.26. The van der Waals surface area contributed by atoms with Gasteiger partial charge in [0.25, 0.3) is 10.0 Å². The van der Waals surface area contributed by atoms with E-state index in [1.807, 2.05) is 0 Å². The van der Waals surface area contributed by atoms with Gasteiger partial charge in [0.05, 0.1) is 0 Å². The van der Waals surface area contributed by atoms with Crippen LogP contribution in [0.2, 0.25) is 0 Å². The number of hydrogen-bond donors (Lipinski definition) is 2. The third-order valence-electron chi connectivity index (χ3n) is 3.12. The molecule has 2 heterocycles. The van der Waals surface area contributed by atoms with Crippen LogP contribution in [-0.2, 0) is 10.0 Å². The second-order valence-corrected chi connectivity index (χ2v) is 6.20. The number of nitrogens with one attached hydrogen (secondary N) is 2. The molecule has 1 aromatic carbocycles. The molecule has 6 nitrogen and oxygen atoms in total. The first kappa shape index (κ1) is 12.6. The van der Waals surface area contributed by atoms with E-state index in [2.05, 4.69) is 15.0 Å². The van der Waals surface area contributed by atoms with Crippen molar-refractivity contribution in [2.45, 2.75) is 24.1 Å². The Morgan fingerprint density at radius 1 is 1.37 bits per heavy atom. The first-order chi connectivity index (χ1) is 9.15. The number of fused-ring (bicyclic) bond motifs is 1. The summed E-state index contributed by atoms with van der Waals surface area (Å²) in [4.78, 5) is 4.01. The van der Waals surface area contributed by atoms with E-state index in [-0.39, 0.29) is 11.3 Å². The monoisotopic (exact) mass is 281 g/mol. The Hall–Kier alpha value is -1.44. The Labute approximate surface area is 111 Å². The lowest BCUT2D eigenvalue weighted by Gasteiger charge is -2.22. The summed E-state index contributed by atoms with van der Waals surface area (Å²) in [6.07, 6.45) is 1.78. The molecule has 1 atom stereocenters. The minimum absolute atomic E-state index is 0.103. The summed E-state index contributed by atoms with van der Waals surface area (Å²) in [5.41, 5.74) is 1.02. The van der Waals surface area contributed by atoms with Crippen molar-refractivity contribution < 1.29 is 12.8 Å². The second kappa shape index (κ2) is 4.92. The van der Waals surface area contributed by atoms with Gasteiger partial charge >= 0.3 is 5.22 Å². The standard InChI is InChI=1S/C12H15N3O3S/c16-19(17,15-9-4-3-7-13-8-9)12-14-10-5-1-2-6-11(10)18-12/h1-2,5-6,9,13,15H,3-4,7-8H2/t9-/m0/s1. The lowest BCUT2D eigenvalue weighted by molar-refractivity contribution is 0.411. The number of piperidine rings is 1. The molecule has 0 bridgehead atoms. The summed E-state index contributed by atoms with van der Waals surface area (Å²) in [6, 6.07) is 6.89. The third-order valence-corrected chi connectivity index (χ3v) is 4.40. The van der Waals surface area contributed by atoms with Gasteiger partial charge in [0, 0.05) is 12.6 Å². The molecule has 2 N–H and O–H groups in total. The minimum Gasteiger partial charge on any atom is -0.427 e. The smallest absolute Gasteiger partial charge is 0.331 e. The van der Waals surface area contributed by atoms with E-state index < -0.39 is 10.0 Å². The van der Waals surface area contributed by atoms with Crippen molar-refractivity contribution in [2.75, 3.05) is 13.1 Å². The zero-order valence-electron chi connectivity index (χ0n) is 10.3. The van der Waals surface area contributed by atoms with E-state index in [4.69, 9.17) is 4.42 Å². The first-order valence-corrected chi connectivity index (χ1v) is 7.72. The van der Waals surface area contributed by atoms with Crippen molar-refractivity contribution in [3.8, 4) is 0 Å². The van der Waals surface area contributed by atoms with E-state index in [1.165, 1.54) is 0 Å². The summed E-state index contributed by atoms with van der Waals surface area (Å²) in [6.45, 7) is 1.57. The second-order valence-electron chi connectivity index (χ2n) is 4.61. The van der Waals surface area contributed by atoms with E-state index in [0.717, 1.165) is 19.4 Å². The fraction of sp³-hybridized carbons (Fsp3) is 0.417. The average Bonchev–Trinajstić information content (AvgIpc) is 2.84. The summed E-state index contributed by atoms with van der Waals surface area (Å²) in [5.74, 6) is 0. The molecular weight excluding hydrogens is 266 g/mol. The summed E-state index contributed by atoms with van der Waals surface area (Å²) >= 11 is 0. The van der Waals surface area contributed by atoms with Gasteiger partial charge in [-0.15, -0.1) is 0 Å². The van der Waals surface area contributed by atoms with Crippen molar-refractivity contribution in [2.24, 2.45) is 0 Å². The van der Waals surface area contributed by atoms with Crippen molar-refractivity contribution in [3.63, 3.8) is 0 Å². The van der Waals surface area contributed by atoms with Crippen LogP contribution < -0.4 is 10.0 Å². The molecule has 0 amide bonds. The Morgan fingerprint density at radius 3 is 2.95 bits per heavy atom. The van der Waals surface area contributed by atoms with Crippen molar-refractivity contribution >= 4 is 21.1 Å². The normalized spacial score (nSPS) is 20.7. The number of rotatable bonds is 3. The number of aromatic nitrogens is 1. The predicted octanol–water partition coefficient (Wildman–Crippen LogP) is 0.858. The number of benzene rings is 1. The van der Waals surface area contributed by atoms with Gasteiger partial charge < -0.3 is 9.73 Å². The molecule has 1 saturated heterocycles. The number of para-hydroxylation sites is 2. The molecule has 0 saturated carbocycles. The van der Waals surface area contributed by atoms with Crippen LogP contribution in [-0.4, -0.2) is 32.5 Å². The van der Waals surface area contributed by atoms with Crippen LogP contribution in [0.3, 0.4) is 0 Å². The van der Waals surface area contributed by atoms with E-state index in [9.17, 15) is 8.42 Å². The van der Waals surface area contributed by atoms with Gasteiger partial charge in [0.1, 0.15) is 5.52 Å². The molecule has 0 spiro atoms. The average molecular weight is 281 g/mol. The Balaban J connectivity index is 1.86. The number of sulfonamides is 1. The molecule has 1 aliphatic rings. The Bertz CT molecular complexity index is 641. The van der Waals surface area contributed by atoms with Gasteiger partial charge in [-0.25, -0.2) is 13.1 Å². The van der Waals surface area contributed by atoms with Gasteiger partial charge in [0.2, 0.25) is 0 Å². The maximum absolute atomic E-state index is 12.2. The van der Waals surface area contributed by atoms with Crippen LogP contribution in [0.25, 0.3) is 11.1 Å². The minimum atomic E-state index is -3.69. The molecule has 2 aromatic rings. The summed E-state index contributed by atoms with van der Waals surface area (Å²) in [7, 11) is -3.69. The van der Waals surface area contributed by atoms with Crippen molar-refractivity contribution in [1.29, 1.82) is 0 Å². The topological polar surface area (TPSA) is 84.2 Å². The molecule has 1 aromatic heterocycles. The van der Waals surface area contributed by atoms with Crippen LogP contribution in [0.4, 0.5) is 0 Å². The maximum Gasteiger partial charge on any atom is 0.331 e. The quantitative estimate of drug-likeness (QED) is 0.871. The fourth-order valence-electron chi connectivity index (χ4n) is 2.19. The largest absolute Gasteiger partial charge is 0.427 e. The van der Waals surface area contributed by atoms with Crippen molar-refractivity contribution in [1.82, 2.24) is 15.0 Å². The molecule has 102 valence electrons. The Morgan fingerprint density at radius 2 is 2.21 bits per heavy atom. The molecule has 0 aliphatic carbocycles. The van der Waals surface area contributed by atoms with Gasteiger partial charge in [0.15, 0.2) is 5.58 Å². The molecule has 3 rings (SSSR count). The lowest BCUT2D eigenvalue weighted by atomic mass is 10.1. The zero-order chi connectivity index (χ0) is 13.3. The van der Waals surface area contributed by atoms with E-state index in [0.29, 0.717) is 17.6 Å². The summed E-state index contributed by atoms with van der Waals surface area (Å²) < 4.78 is 32.3. The van der Waals surface area contributed by atoms with Crippen LogP contribution >= 0.6 is 0 Å². The van der Waals surface area contributed by atoms with Crippen LogP contribution in [0.15, 0.2) is 33.9 Å². The highest BCUT2D eigenvalue weighted by molar-refractivity contribution is 7.89. The molecule has 19 heavy (non-hydrogen) atoms. The highest BCUT2D eigenvalue weighted by Gasteiger charge is 2.26. The molecule has 0 unspecified atom stereocenters. The van der Waals surface area contributed by atoms with Crippen LogP contribution in [0, 0.1) is 0 Å². The predicted molar refractivity (Wildman–Crippen MR) is 70.2 cm³/mol. The molecule has 1 aliphatic heterocycles. The number of nitrogens with zero attached hydrogens (tertiary/aromatic N) is 1. The van der Waals surface area contributed by atoms with Gasteiger partial charge in [-0.1, -0.05) is 12.1 Å². The third kappa shape index (κ3) is 2.63. The lowest BCUT2D eigenvalue weighted by Crippen LogP contribution is -2.45.